The average molecular weight is 365 g/mol. The molecule has 1 saturated heterocycles. The topological polar surface area (TPSA) is 87.5 Å². The minimum atomic E-state index is -0.191. The van der Waals surface area contributed by atoms with Crippen molar-refractivity contribution in [1.82, 2.24) is 24.9 Å². The van der Waals surface area contributed by atoms with Gasteiger partial charge >= 0.3 is 6.03 Å². The molecule has 2 N–H and O–H groups in total. The van der Waals surface area contributed by atoms with E-state index in [1.165, 1.54) is 6.33 Å². The Morgan fingerprint density at radius 3 is 2.96 bits per heavy atom. The summed E-state index contributed by atoms with van der Waals surface area (Å²) in [6, 6.07) is 11.5. The molecule has 8 heteroatoms. The van der Waals surface area contributed by atoms with E-state index >= 15 is 0 Å². The van der Waals surface area contributed by atoms with Gasteiger partial charge in [-0.15, -0.1) is 0 Å². The molecule has 2 amide bonds. The fraction of sp³-hybridized carbons (Fsp3) is 0.368. The normalized spacial score (nSPS) is 17.1. The number of rotatable bonds is 4. The molecule has 1 atom stereocenters. The average Bonchev–Trinajstić information content (AvgIpc) is 3.15. The molecule has 0 saturated carbocycles. The van der Waals surface area contributed by atoms with Crippen LogP contribution in [0, 0.1) is 6.92 Å². The van der Waals surface area contributed by atoms with Gasteiger partial charge in [-0.2, -0.15) is 14.6 Å². The molecule has 8 nitrogen and oxygen atoms in total. The van der Waals surface area contributed by atoms with Crippen molar-refractivity contribution in [3.63, 3.8) is 0 Å². The third kappa shape index (κ3) is 3.84. The van der Waals surface area contributed by atoms with Crippen LogP contribution in [0.4, 0.5) is 16.3 Å². The van der Waals surface area contributed by atoms with Gasteiger partial charge in [0.15, 0.2) is 0 Å². The Morgan fingerprint density at radius 1 is 1.26 bits per heavy atom. The van der Waals surface area contributed by atoms with Crippen molar-refractivity contribution in [1.29, 1.82) is 0 Å². The smallest absolute Gasteiger partial charge is 0.319 e. The summed E-state index contributed by atoms with van der Waals surface area (Å²) in [7, 11) is 0. The number of anilines is 2. The van der Waals surface area contributed by atoms with Gasteiger partial charge in [0.25, 0.3) is 5.78 Å². The monoisotopic (exact) mass is 365 g/mol. The Kier molecular flexibility index (Phi) is 4.86. The molecular formula is C19H23N7O. The van der Waals surface area contributed by atoms with Crippen molar-refractivity contribution < 1.29 is 4.79 Å². The highest BCUT2D eigenvalue weighted by Crippen LogP contribution is 2.25. The van der Waals surface area contributed by atoms with Gasteiger partial charge in [-0.05, 0) is 38.3 Å². The molecule has 0 bridgehead atoms. The van der Waals surface area contributed by atoms with E-state index in [0.29, 0.717) is 12.3 Å². The number of hydrogen-bond acceptors (Lipinski definition) is 5. The molecule has 1 fully saturated rings. The van der Waals surface area contributed by atoms with E-state index in [9.17, 15) is 4.79 Å². The number of urea groups is 1. The molecule has 1 unspecified atom stereocenters. The van der Waals surface area contributed by atoms with E-state index in [-0.39, 0.29) is 12.1 Å². The lowest BCUT2D eigenvalue weighted by molar-refractivity contribution is 0.250. The van der Waals surface area contributed by atoms with E-state index in [4.69, 9.17) is 0 Å². The first kappa shape index (κ1) is 17.3. The van der Waals surface area contributed by atoms with Crippen LogP contribution in [0.5, 0.6) is 0 Å². The van der Waals surface area contributed by atoms with E-state index in [2.05, 4.69) is 30.6 Å². The standard InChI is InChI=1S/C19H23N7O/c1-14-11-17(26-18(23-14)21-13-22-26)25-10-6-5-9-16(25)12-20-19(27)24-15-7-3-2-4-8-15/h2-4,7-8,11,13,16H,5-6,9-10,12H2,1H3,(H2,20,24,27). The molecule has 3 heterocycles. The molecule has 1 aliphatic heterocycles. The van der Waals surface area contributed by atoms with Crippen LogP contribution in [-0.2, 0) is 0 Å². The molecule has 0 spiro atoms. The zero-order valence-corrected chi connectivity index (χ0v) is 15.3. The molecule has 2 aromatic heterocycles. The largest absolute Gasteiger partial charge is 0.352 e. The van der Waals surface area contributed by atoms with Crippen LogP contribution in [0.1, 0.15) is 25.0 Å². The van der Waals surface area contributed by atoms with Gasteiger partial charge in [-0.25, -0.2) is 9.78 Å². The number of fused-ring (bicyclic) bond motifs is 1. The number of nitrogens with zero attached hydrogens (tertiary/aromatic N) is 5. The van der Waals surface area contributed by atoms with Crippen LogP contribution in [0.25, 0.3) is 5.78 Å². The van der Waals surface area contributed by atoms with Gasteiger partial charge < -0.3 is 15.5 Å². The van der Waals surface area contributed by atoms with E-state index in [1.807, 2.05) is 43.3 Å². The van der Waals surface area contributed by atoms with Crippen molar-refractivity contribution in [3.8, 4) is 0 Å². The highest BCUT2D eigenvalue weighted by Gasteiger charge is 2.25. The molecule has 140 valence electrons. The maximum absolute atomic E-state index is 12.2. The lowest BCUT2D eigenvalue weighted by Crippen LogP contribution is -2.48. The minimum absolute atomic E-state index is 0.191. The number of carbonyl (C=O) groups is 1. The SMILES string of the molecule is Cc1cc(N2CCCCC2CNC(=O)Nc2ccccc2)n2ncnc2n1. The van der Waals surface area contributed by atoms with Crippen molar-refractivity contribution >= 4 is 23.3 Å². The van der Waals surface area contributed by atoms with Crippen molar-refractivity contribution in [2.75, 3.05) is 23.3 Å². The van der Waals surface area contributed by atoms with Crippen LogP contribution in [0.2, 0.25) is 0 Å². The number of aryl methyl sites for hydroxylation is 1. The Balaban J connectivity index is 1.47. The Hall–Kier alpha value is -3.16. The van der Waals surface area contributed by atoms with Crippen molar-refractivity contribution in [3.05, 3.63) is 48.4 Å². The van der Waals surface area contributed by atoms with Crippen LogP contribution in [0.3, 0.4) is 0 Å². The molecule has 27 heavy (non-hydrogen) atoms. The molecule has 1 aliphatic rings. The summed E-state index contributed by atoms with van der Waals surface area (Å²) in [6.07, 6.45) is 4.80. The third-order valence-electron chi connectivity index (χ3n) is 4.81. The van der Waals surface area contributed by atoms with Crippen LogP contribution < -0.4 is 15.5 Å². The lowest BCUT2D eigenvalue weighted by atomic mass is 10.0. The van der Waals surface area contributed by atoms with E-state index in [1.54, 1.807) is 4.52 Å². The Morgan fingerprint density at radius 2 is 2.11 bits per heavy atom. The second kappa shape index (κ2) is 7.61. The fourth-order valence-electron chi connectivity index (χ4n) is 3.54. The molecule has 0 aliphatic carbocycles. The number of amides is 2. The summed E-state index contributed by atoms with van der Waals surface area (Å²) in [5.74, 6) is 1.58. The summed E-state index contributed by atoms with van der Waals surface area (Å²) in [5, 5.41) is 10.2. The number of aromatic nitrogens is 4. The maximum Gasteiger partial charge on any atom is 0.319 e. The van der Waals surface area contributed by atoms with Gasteiger partial charge in [0.2, 0.25) is 0 Å². The first-order valence-corrected chi connectivity index (χ1v) is 9.24. The Labute approximate surface area is 157 Å². The second-order valence-corrected chi connectivity index (χ2v) is 6.77. The molecule has 1 aromatic carbocycles. The number of benzene rings is 1. The fourth-order valence-corrected chi connectivity index (χ4v) is 3.54. The highest BCUT2D eigenvalue weighted by molar-refractivity contribution is 5.89. The number of nitrogens with one attached hydrogen (secondary N) is 2. The number of hydrogen-bond donors (Lipinski definition) is 2. The second-order valence-electron chi connectivity index (χ2n) is 6.77. The number of para-hydroxylation sites is 1. The maximum atomic E-state index is 12.2. The molecule has 4 rings (SSSR count). The first-order chi connectivity index (χ1) is 13.2. The third-order valence-corrected chi connectivity index (χ3v) is 4.81. The molecule has 3 aromatic rings. The van der Waals surface area contributed by atoms with Gasteiger partial charge in [-0.3, -0.25) is 0 Å². The minimum Gasteiger partial charge on any atom is -0.352 e. The van der Waals surface area contributed by atoms with Gasteiger partial charge in [0.05, 0.1) is 0 Å². The first-order valence-electron chi connectivity index (χ1n) is 9.24. The predicted octanol–water partition coefficient (Wildman–Crippen LogP) is 2.61. The van der Waals surface area contributed by atoms with E-state index in [0.717, 1.165) is 43.0 Å². The van der Waals surface area contributed by atoms with Crippen molar-refractivity contribution in [2.45, 2.75) is 32.2 Å². The summed E-state index contributed by atoms with van der Waals surface area (Å²) >= 11 is 0. The van der Waals surface area contributed by atoms with Gasteiger partial charge in [-0.1, -0.05) is 18.2 Å². The summed E-state index contributed by atoms with van der Waals surface area (Å²) in [5.41, 5.74) is 1.69. The number of piperidine rings is 1. The quantitative estimate of drug-likeness (QED) is 0.742. The van der Waals surface area contributed by atoms with E-state index < -0.39 is 0 Å². The zero-order valence-electron chi connectivity index (χ0n) is 15.3. The highest BCUT2D eigenvalue weighted by atomic mass is 16.2. The number of carbonyl (C=O) groups excluding carboxylic acids is 1. The van der Waals surface area contributed by atoms with Crippen molar-refractivity contribution in [2.24, 2.45) is 0 Å². The Bertz CT molecular complexity index is 924. The van der Waals surface area contributed by atoms with Gasteiger partial charge in [0.1, 0.15) is 12.1 Å². The zero-order chi connectivity index (χ0) is 18.6. The van der Waals surface area contributed by atoms with Crippen LogP contribution in [-0.4, -0.2) is 44.7 Å². The summed E-state index contributed by atoms with van der Waals surface area (Å²) < 4.78 is 1.77. The lowest BCUT2D eigenvalue weighted by Gasteiger charge is -2.37. The molecule has 0 radical (unpaired) electrons. The van der Waals surface area contributed by atoms with Crippen LogP contribution in [0.15, 0.2) is 42.7 Å². The van der Waals surface area contributed by atoms with Gasteiger partial charge in [0, 0.05) is 36.6 Å². The predicted molar refractivity (Wildman–Crippen MR) is 104 cm³/mol. The summed E-state index contributed by atoms with van der Waals surface area (Å²) in [4.78, 5) is 23.2. The summed E-state index contributed by atoms with van der Waals surface area (Å²) in [6.45, 7) is 3.45. The van der Waals surface area contributed by atoms with Crippen LogP contribution >= 0.6 is 0 Å². The molecular weight excluding hydrogens is 342 g/mol.